The predicted octanol–water partition coefficient (Wildman–Crippen LogP) is 0.833. The van der Waals surface area contributed by atoms with Crippen molar-refractivity contribution in [2.45, 2.75) is 4.21 Å². The maximum absolute atomic E-state index is 10.3. The zero-order chi connectivity index (χ0) is 7.56. The number of thioether (sulfide) groups is 1. The first-order valence-electron chi connectivity index (χ1n) is 2.58. The number of carboxylic acid groups (broad SMARTS) is 1. The molecule has 0 saturated carbocycles. The molecule has 54 valence electrons. The Balaban J connectivity index is 3.01. The van der Waals surface area contributed by atoms with E-state index in [-0.39, 0.29) is 0 Å². The molecule has 0 unspecified atom stereocenters. The summed E-state index contributed by atoms with van der Waals surface area (Å²) in [5.74, 6) is -1.09. The van der Waals surface area contributed by atoms with E-state index in [0.29, 0.717) is 5.56 Å². The molecule has 10 heavy (non-hydrogen) atoms. The number of carbonyl (C=O) groups excluding carboxylic acids is 1. The number of hydrogen-bond donors (Lipinski definition) is 0. The van der Waals surface area contributed by atoms with Crippen molar-refractivity contribution >= 4 is 29.1 Å². The smallest absolute Gasteiger partial charge is 0.0735 e. The molecule has 0 radical (unpaired) electrons. The van der Waals surface area contributed by atoms with Gasteiger partial charge in [-0.3, -0.25) is 0 Å². The molecule has 0 atom stereocenters. The molecule has 0 aliphatic carbocycles. The molecule has 1 aromatic heterocycles. The molecule has 1 heterocycles. The molecule has 0 saturated heterocycles. The van der Waals surface area contributed by atoms with Gasteiger partial charge in [-0.1, -0.05) is 0 Å². The van der Waals surface area contributed by atoms with Gasteiger partial charge in [0.05, 0.1) is 10.2 Å². The van der Waals surface area contributed by atoms with Gasteiger partial charge in [-0.2, -0.15) is 0 Å². The number of carbonyl (C=O) groups is 1. The lowest BCUT2D eigenvalue weighted by molar-refractivity contribution is -0.255. The maximum Gasteiger partial charge on any atom is 0.0735 e. The highest BCUT2D eigenvalue weighted by Crippen LogP contribution is 2.25. The summed E-state index contributed by atoms with van der Waals surface area (Å²) in [5.41, 5.74) is 0.303. The number of aromatic carboxylic acids is 1. The van der Waals surface area contributed by atoms with Crippen molar-refractivity contribution in [2.75, 3.05) is 6.26 Å². The van der Waals surface area contributed by atoms with E-state index in [0.717, 1.165) is 4.21 Å². The molecule has 4 heteroatoms. The lowest BCUT2D eigenvalue weighted by Gasteiger charge is -1.99. The second-order valence-corrected chi connectivity index (χ2v) is 3.60. The van der Waals surface area contributed by atoms with E-state index in [1.165, 1.54) is 23.1 Å². The summed E-state index contributed by atoms with van der Waals surface area (Å²) in [6.07, 6.45) is 1.85. The van der Waals surface area contributed by atoms with Crippen molar-refractivity contribution in [1.29, 1.82) is 0 Å². The zero-order valence-electron chi connectivity index (χ0n) is 5.29. The highest BCUT2D eigenvalue weighted by molar-refractivity contribution is 8.00. The van der Waals surface area contributed by atoms with E-state index in [1.807, 2.05) is 6.26 Å². The summed E-state index contributed by atoms with van der Waals surface area (Å²) < 4.78 is 0.806. The van der Waals surface area contributed by atoms with E-state index in [4.69, 9.17) is 0 Å². The summed E-state index contributed by atoms with van der Waals surface area (Å²) in [7, 11) is 0. The van der Waals surface area contributed by atoms with Crippen molar-refractivity contribution in [3.05, 3.63) is 17.0 Å². The van der Waals surface area contributed by atoms with E-state index in [1.54, 1.807) is 11.4 Å². The third-order valence-electron chi connectivity index (χ3n) is 1.04. The average Bonchev–Trinajstić information content (AvgIpc) is 2.33. The van der Waals surface area contributed by atoms with Crippen LogP contribution >= 0.6 is 23.1 Å². The Labute approximate surface area is 66.9 Å². The van der Waals surface area contributed by atoms with Gasteiger partial charge in [-0.05, 0) is 17.7 Å². The topological polar surface area (TPSA) is 40.1 Å². The molecule has 1 rings (SSSR count). The lowest BCUT2D eigenvalue weighted by atomic mass is 10.4. The zero-order valence-corrected chi connectivity index (χ0v) is 6.92. The van der Waals surface area contributed by atoms with Crippen LogP contribution in [-0.4, -0.2) is 12.2 Å². The van der Waals surface area contributed by atoms with E-state index < -0.39 is 5.97 Å². The van der Waals surface area contributed by atoms with Gasteiger partial charge in [-0.25, -0.2) is 0 Å². The fourth-order valence-electron chi connectivity index (χ4n) is 0.605. The van der Waals surface area contributed by atoms with E-state index in [2.05, 4.69) is 0 Å². The van der Waals surface area contributed by atoms with Gasteiger partial charge < -0.3 is 9.90 Å². The first-order chi connectivity index (χ1) is 4.75. The Morgan fingerprint density at radius 3 is 2.90 bits per heavy atom. The van der Waals surface area contributed by atoms with Crippen LogP contribution in [0.15, 0.2) is 15.7 Å². The van der Waals surface area contributed by atoms with Crippen LogP contribution in [0.25, 0.3) is 0 Å². The first-order valence-corrected chi connectivity index (χ1v) is 4.69. The molecule has 1 aromatic rings. The van der Waals surface area contributed by atoms with Crippen LogP contribution in [0.5, 0.6) is 0 Å². The van der Waals surface area contributed by atoms with E-state index >= 15 is 0 Å². The van der Waals surface area contributed by atoms with E-state index in [9.17, 15) is 9.90 Å². The van der Waals surface area contributed by atoms with Crippen LogP contribution < -0.4 is 5.11 Å². The Morgan fingerprint density at radius 2 is 2.50 bits per heavy atom. The van der Waals surface area contributed by atoms with Gasteiger partial charge in [0.15, 0.2) is 0 Å². The minimum atomic E-state index is -1.09. The molecule has 0 amide bonds. The highest BCUT2D eigenvalue weighted by atomic mass is 32.2. The third kappa shape index (κ3) is 1.33. The van der Waals surface area contributed by atoms with Crippen LogP contribution in [-0.2, 0) is 0 Å². The minimum absolute atomic E-state index is 0.303. The highest BCUT2D eigenvalue weighted by Gasteiger charge is 2.01. The summed E-state index contributed by atoms with van der Waals surface area (Å²) in [4.78, 5) is 10.3. The molecular formula is C6H5O2S2-. The SMILES string of the molecule is CSc1sccc1C(=O)[O-]. The molecule has 0 N–H and O–H groups in total. The number of thiophene rings is 1. The van der Waals surface area contributed by atoms with Crippen molar-refractivity contribution in [3.63, 3.8) is 0 Å². The Hall–Kier alpha value is -0.480. The maximum atomic E-state index is 10.3. The van der Waals surface area contributed by atoms with Crippen LogP contribution in [0.1, 0.15) is 10.4 Å². The number of carboxylic acids is 1. The van der Waals surface area contributed by atoms with Crippen LogP contribution in [0.3, 0.4) is 0 Å². The normalized spacial score (nSPS) is 9.70. The van der Waals surface area contributed by atoms with Gasteiger partial charge in [0, 0.05) is 5.56 Å². The average molecular weight is 173 g/mol. The fraction of sp³-hybridized carbons (Fsp3) is 0.167. The second kappa shape index (κ2) is 3.07. The summed E-state index contributed by atoms with van der Waals surface area (Å²) in [6.45, 7) is 0. The molecular weight excluding hydrogens is 168 g/mol. The van der Waals surface area contributed by atoms with Crippen molar-refractivity contribution < 1.29 is 9.90 Å². The van der Waals surface area contributed by atoms with Gasteiger partial charge in [-0.15, -0.1) is 23.1 Å². The van der Waals surface area contributed by atoms with Gasteiger partial charge in [0.2, 0.25) is 0 Å². The summed E-state index contributed by atoms with van der Waals surface area (Å²) in [6, 6.07) is 1.56. The molecule has 0 aliphatic rings. The van der Waals surface area contributed by atoms with Crippen molar-refractivity contribution in [1.82, 2.24) is 0 Å². The predicted molar refractivity (Wildman–Crippen MR) is 40.4 cm³/mol. The number of hydrogen-bond acceptors (Lipinski definition) is 4. The first kappa shape index (κ1) is 7.63. The molecule has 2 nitrogen and oxygen atoms in total. The van der Waals surface area contributed by atoms with Gasteiger partial charge in [0.1, 0.15) is 0 Å². The molecule has 0 aromatic carbocycles. The Bertz CT molecular complexity index is 242. The molecule has 0 aliphatic heterocycles. The third-order valence-corrected chi connectivity index (χ3v) is 3.12. The molecule has 0 bridgehead atoms. The fourth-order valence-corrected chi connectivity index (χ4v) is 2.13. The summed E-state index contributed by atoms with van der Waals surface area (Å²) in [5, 5.41) is 12.1. The Morgan fingerprint density at radius 1 is 1.80 bits per heavy atom. The largest absolute Gasteiger partial charge is 0.545 e. The number of rotatable bonds is 2. The molecule has 0 fully saturated rings. The standard InChI is InChI=1S/C6H6O2S2/c1-9-6-4(5(7)8)2-3-10-6/h2-3H,1H3,(H,7,8)/p-1. The second-order valence-electron chi connectivity index (χ2n) is 1.61. The van der Waals surface area contributed by atoms with Gasteiger partial charge in [0.25, 0.3) is 0 Å². The lowest BCUT2D eigenvalue weighted by Crippen LogP contribution is -2.21. The minimum Gasteiger partial charge on any atom is -0.545 e. The summed E-state index contributed by atoms with van der Waals surface area (Å²) >= 11 is 2.85. The van der Waals surface area contributed by atoms with Crippen LogP contribution in [0, 0.1) is 0 Å². The monoisotopic (exact) mass is 173 g/mol. The van der Waals surface area contributed by atoms with Crippen LogP contribution in [0.4, 0.5) is 0 Å². The van der Waals surface area contributed by atoms with Crippen molar-refractivity contribution in [3.8, 4) is 0 Å². The van der Waals surface area contributed by atoms with Gasteiger partial charge >= 0.3 is 0 Å². The molecule has 0 spiro atoms. The van der Waals surface area contributed by atoms with Crippen LogP contribution in [0.2, 0.25) is 0 Å². The quantitative estimate of drug-likeness (QED) is 0.622. The van der Waals surface area contributed by atoms with Crippen molar-refractivity contribution in [2.24, 2.45) is 0 Å². The Kier molecular flexibility index (Phi) is 2.34.